The second-order valence-corrected chi connectivity index (χ2v) is 5.75. The number of nitrogens with one attached hydrogen (secondary N) is 1. The first kappa shape index (κ1) is 13.6. The van der Waals surface area contributed by atoms with Crippen molar-refractivity contribution in [1.82, 2.24) is 0 Å². The van der Waals surface area contributed by atoms with Crippen LogP contribution in [0.25, 0.3) is 0 Å². The predicted octanol–water partition coefficient (Wildman–Crippen LogP) is 2.08. The molecule has 0 aromatic heterocycles. The normalized spacial score (nSPS) is 14.1. The van der Waals surface area contributed by atoms with Crippen LogP contribution >= 0.6 is 0 Å². The fourth-order valence-corrected chi connectivity index (χ4v) is 1.60. The van der Waals surface area contributed by atoms with E-state index in [1.807, 2.05) is 13.8 Å². The van der Waals surface area contributed by atoms with Crippen molar-refractivity contribution < 1.29 is 9.13 Å². The molecule has 0 amide bonds. The third-order valence-electron chi connectivity index (χ3n) is 2.58. The Labute approximate surface area is 103 Å². The first-order chi connectivity index (χ1) is 7.91. The molecule has 0 radical (unpaired) electrons. The quantitative estimate of drug-likeness (QED) is 0.646. The summed E-state index contributed by atoms with van der Waals surface area (Å²) in [7, 11) is -0.901. The second kappa shape index (κ2) is 5.77. The Bertz CT molecular complexity index is 448. The van der Waals surface area contributed by atoms with Gasteiger partial charge in [0.2, 0.25) is 0 Å². The van der Waals surface area contributed by atoms with E-state index in [9.17, 15) is 14.3 Å². The monoisotopic (exact) mass is 256 g/mol. The van der Waals surface area contributed by atoms with Crippen molar-refractivity contribution in [2.75, 3.05) is 18.1 Å². The lowest BCUT2D eigenvalue weighted by Crippen LogP contribution is -2.21. The maximum Gasteiger partial charge on any atom is 0.271 e. The van der Waals surface area contributed by atoms with Crippen molar-refractivity contribution in [3.8, 4) is 0 Å². The summed E-state index contributed by atoms with van der Waals surface area (Å²) in [5, 5.41) is 13.7. The second-order valence-electron chi connectivity index (χ2n) is 3.95. The third kappa shape index (κ3) is 3.81. The molecule has 1 aromatic rings. The van der Waals surface area contributed by atoms with Gasteiger partial charge >= 0.3 is 0 Å². The number of benzene rings is 1. The molecule has 0 aliphatic carbocycles. The number of nitrogens with zero attached hydrogens (tertiary/aromatic N) is 1. The fourth-order valence-electron chi connectivity index (χ4n) is 1.29. The summed E-state index contributed by atoms with van der Waals surface area (Å²) < 4.78 is 11.2. The summed E-state index contributed by atoms with van der Waals surface area (Å²) in [5.41, 5.74) is 1.71. The molecule has 2 unspecified atom stereocenters. The van der Waals surface area contributed by atoms with Crippen LogP contribution in [0, 0.1) is 17.0 Å². The number of aryl methyl sites for hydroxylation is 1. The van der Waals surface area contributed by atoms with Gasteiger partial charge in [0.1, 0.15) is 0 Å². The van der Waals surface area contributed by atoms with Gasteiger partial charge in [-0.15, -0.1) is 0 Å². The minimum absolute atomic E-state index is 0.00802. The number of rotatable bonds is 5. The smallest absolute Gasteiger partial charge is 0.271 e. The lowest BCUT2D eigenvalue weighted by Gasteiger charge is -2.12. The molecular weight excluding hydrogens is 240 g/mol. The molecule has 0 spiro atoms. The highest BCUT2D eigenvalue weighted by molar-refractivity contribution is 7.84. The minimum Gasteiger partial charge on any atom is -0.383 e. The Morgan fingerprint density at radius 1 is 1.53 bits per heavy atom. The number of hydrogen-bond donors (Lipinski definition) is 1. The van der Waals surface area contributed by atoms with Crippen molar-refractivity contribution in [2.24, 2.45) is 0 Å². The molecule has 94 valence electrons. The number of nitro groups is 1. The van der Waals surface area contributed by atoms with Crippen LogP contribution in [0.4, 0.5) is 11.4 Å². The Balaban J connectivity index is 2.79. The van der Waals surface area contributed by atoms with Crippen LogP contribution in [-0.2, 0) is 10.8 Å². The molecule has 1 rings (SSSR count). The standard InChI is InChI=1S/C11H16N2O3S/c1-8-4-5-10(13(14)15)6-11(8)12-7-9(2)17(3)16/h4-6,9,12H,7H2,1-3H3. The van der Waals surface area contributed by atoms with Crippen LogP contribution in [-0.4, -0.2) is 27.2 Å². The van der Waals surface area contributed by atoms with Crippen LogP contribution < -0.4 is 5.32 Å². The number of non-ortho nitro benzene ring substituents is 1. The Morgan fingerprint density at radius 3 is 2.71 bits per heavy atom. The maximum absolute atomic E-state index is 11.2. The molecule has 6 heteroatoms. The lowest BCUT2D eigenvalue weighted by molar-refractivity contribution is -0.384. The first-order valence-electron chi connectivity index (χ1n) is 5.23. The fraction of sp³-hybridized carbons (Fsp3) is 0.455. The maximum atomic E-state index is 11.2. The minimum atomic E-state index is -0.901. The highest BCUT2D eigenvalue weighted by Gasteiger charge is 2.10. The molecule has 0 aliphatic rings. The van der Waals surface area contributed by atoms with Crippen molar-refractivity contribution in [3.63, 3.8) is 0 Å². The molecule has 17 heavy (non-hydrogen) atoms. The van der Waals surface area contributed by atoms with Gasteiger partial charge in [0.05, 0.1) is 4.92 Å². The molecule has 0 fully saturated rings. The molecule has 0 heterocycles. The van der Waals surface area contributed by atoms with E-state index in [0.717, 1.165) is 11.3 Å². The lowest BCUT2D eigenvalue weighted by atomic mass is 10.2. The van der Waals surface area contributed by atoms with Gasteiger partial charge in [0.15, 0.2) is 0 Å². The first-order valence-corrected chi connectivity index (χ1v) is 6.85. The molecule has 1 aromatic carbocycles. The highest BCUT2D eigenvalue weighted by atomic mass is 32.2. The molecule has 1 N–H and O–H groups in total. The Hall–Kier alpha value is -1.43. The van der Waals surface area contributed by atoms with Crippen molar-refractivity contribution in [3.05, 3.63) is 33.9 Å². The van der Waals surface area contributed by atoms with E-state index in [1.165, 1.54) is 12.1 Å². The summed E-state index contributed by atoms with van der Waals surface area (Å²) in [6.07, 6.45) is 1.65. The molecule has 0 saturated carbocycles. The van der Waals surface area contributed by atoms with Gasteiger partial charge in [0.25, 0.3) is 5.69 Å². The van der Waals surface area contributed by atoms with E-state index < -0.39 is 15.7 Å². The third-order valence-corrected chi connectivity index (χ3v) is 3.88. The highest BCUT2D eigenvalue weighted by Crippen LogP contribution is 2.21. The van der Waals surface area contributed by atoms with Gasteiger partial charge in [-0.25, -0.2) is 0 Å². The van der Waals surface area contributed by atoms with E-state index in [0.29, 0.717) is 6.54 Å². The zero-order valence-corrected chi connectivity index (χ0v) is 10.9. The van der Waals surface area contributed by atoms with Crippen LogP contribution in [0.1, 0.15) is 12.5 Å². The average Bonchev–Trinajstić information content (AvgIpc) is 2.26. The topological polar surface area (TPSA) is 72.2 Å². The van der Waals surface area contributed by atoms with E-state index >= 15 is 0 Å². The van der Waals surface area contributed by atoms with Crippen molar-refractivity contribution in [1.29, 1.82) is 0 Å². The van der Waals surface area contributed by atoms with E-state index in [-0.39, 0.29) is 10.9 Å². The summed E-state index contributed by atoms with van der Waals surface area (Å²) in [6.45, 7) is 4.28. The van der Waals surface area contributed by atoms with Gasteiger partial charge in [-0.3, -0.25) is 14.3 Å². The molecular formula is C11H16N2O3S. The molecule has 0 aliphatic heterocycles. The molecule has 5 nitrogen and oxygen atoms in total. The average molecular weight is 256 g/mol. The zero-order chi connectivity index (χ0) is 13.0. The molecule has 0 bridgehead atoms. The number of nitro benzene ring substituents is 1. The van der Waals surface area contributed by atoms with Crippen LogP contribution in [0.2, 0.25) is 0 Å². The Morgan fingerprint density at radius 2 is 2.18 bits per heavy atom. The molecule has 2 atom stereocenters. The summed E-state index contributed by atoms with van der Waals surface area (Å²) in [4.78, 5) is 10.2. The predicted molar refractivity (Wildman–Crippen MR) is 69.9 cm³/mol. The summed E-state index contributed by atoms with van der Waals surface area (Å²) in [5.74, 6) is 0. The summed E-state index contributed by atoms with van der Waals surface area (Å²) in [6, 6.07) is 4.68. The van der Waals surface area contributed by atoms with Gasteiger partial charge < -0.3 is 5.32 Å². The number of anilines is 1. The zero-order valence-electron chi connectivity index (χ0n) is 10.1. The van der Waals surface area contributed by atoms with Gasteiger partial charge in [-0.1, -0.05) is 6.07 Å². The van der Waals surface area contributed by atoms with Crippen molar-refractivity contribution in [2.45, 2.75) is 19.1 Å². The van der Waals surface area contributed by atoms with Crippen LogP contribution in [0.3, 0.4) is 0 Å². The Kier molecular flexibility index (Phi) is 4.62. The van der Waals surface area contributed by atoms with E-state index in [1.54, 1.807) is 12.3 Å². The van der Waals surface area contributed by atoms with E-state index in [4.69, 9.17) is 0 Å². The molecule has 0 saturated heterocycles. The van der Waals surface area contributed by atoms with Gasteiger partial charge in [0, 0.05) is 46.7 Å². The van der Waals surface area contributed by atoms with Gasteiger partial charge in [-0.05, 0) is 19.4 Å². The van der Waals surface area contributed by atoms with Gasteiger partial charge in [-0.2, -0.15) is 0 Å². The van der Waals surface area contributed by atoms with Crippen molar-refractivity contribution >= 4 is 22.2 Å². The van der Waals surface area contributed by atoms with Crippen LogP contribution in [0.15, 0.2) is 18.2 Å². The van der Waals surface area contributed by atoms with E-state index in [2.05, 4.69) is 5.32 Å². The summed E-state index contributed by atoms with van der Waals surface area (Å²) >= 11 is 0. The SMILES string of the molecule is Cc1ccc([N+](=O)[O-])cc1NCC(C)S(C)=O. The largest absolute Gasteiger partial charge is 0.383 e. The number of hydrogen-bond acceptors (Lipinski definition) is 4. The van der Waals surface area contributed by atoms with Crippen LogP contribution in [0.5, 0.6) is 0 Å².